The van der Waals surface area contributed by atoms with Gasteiger partial charge >= 0.3 is 21.1 Å². The summed E-state index contributed by atoms with van der Waals surface area (Å²) in [4.78, 5) is 0. The van der Waals surface area contributed by atoms with Crippen molar-refractivity contribution in [2.75, 3.05) is 0 Å². The van der Waals surface area contributed by atoms with Crippen molar-refractivity contribution in [1.82, 2.24) is 0 Å². The monoisotopic (exact) mass is 256 g/mol. The first kappa shape index (κ1) is 15.9. The molecule has 0 nitrogen and oxygen atoms in total. The topological polar surface area (TPSA) is 0 Å². The summed E-state index contributed by atoms with van der Waals surface area (Å²) in [5.74, 6) is 0. The van der Waals surface area contributed by atoms with Crippen LogP contribution in [0.4, 0.5) is 0 Å². The maximum atomic E-state index is 3.25. The molecule has 0 aromatic heterocycles. The largest absolute Gasteiger partial charge is 2.00 e. The molecule has 0 aliphatic carbocycles. The molecule has 0 aromatic rings. The summed E-state index contributed by atoms with van der Waals surface area (Å²) in [6, 6.07) is 0. The minimum Gasteiger partial charge on any atom is -0.346 e. The van der Waals surface area contributed by atoms with Gasteiger partial charge in [-0.15, -0.1) is 0 Å². The summed E-state index contributed by atoms with van der Waals surface area (Å²) in [6.45, 7) is 9.00. The van der Waals surface area contributed by atoms with E-state index < -0.39 is 0 Å². The third-order valence-electron chi connectivity index (χ3n) is 0. The first-order valence-electron chi connectivity index (χ1n) is 1.86. The van der Waals surface area contributed by atoms with Crippen LogP contribution in [-0.4, -0.2) is 0 Å². The Morgan fingerprint density at radius 3 is 1.17 bits per heavy atom. The van der Waals surface area contributed by atoms with Gasteiger partial charge in [-0.3, -0.25) is 0 Å². The Morgan fingerprint density at radius 1 is 1.17 bits per heavy atom. The van der Waals surface area contributed by atoms with Crippen LogP contribution in [0.3, 0.4) is 0 Å². The molecule has 0 saturated heterocycles. The van der Waals surface area contributed by atoms with E-state index in [-0.39, 0.29) is 21.1 Å². The van der Waals surface area contributed by atoms with E-state index in [9.17, 15) is 0 Å². The molecule has 0 atom stereocenters. The Labute approximate surface area is 55.6 Å². The van der Waals surface area contributed by atoms with E-state index >= 15 is 0 Å². The van der Waals surface area contributed by atoms with Gasteiger partial charge in [-0.25, -0.2) is 0 Å². The van der Waals surface area contributed by atoms with Gasteiger partial charge in [0.25, 0.3) is 0 Å². The molecule has 0 aromatic carbocycles. The first-order chi connectivity index (χ1) is 2.41. The minimum absolute atomic E-state index is 0. The molecule has 0 aliphatic heterocycles. The van der Waals surface area contributed by atoms with Crippen LogP contribution < -0.4 is 0 Å². The average molecular weight is 256 g/mol. The van der Waals surface area contributed by atoms with Crippen molar-refractivity contribution in [1.29, 1.82) is 0 Å². The Bertz CT molecular complexity index is 3.90. The fourth-order valence-electron chi connectivity index (χ4n) is 0. The van der Waals surface area contributed by atoms with E-state index in [0.29, 0.717) is 0 Å². The average Bonchev–Trinajstić information content (AvgIpc) is 1.46. The first-order valence-corrected chi connectivity index (χ1v) is 1.86. The van der Waals surface area contributed by atoms with Crippen molar-refractivity contribution in [3.63, 3.8) is 0 Å². The van der Waals surface area contributed by atoms with Crippen molar-refractivity contribution in [3.8, 4) is 0 Å². The molecule has 0 N–H and O–H groups in total. The van der Waals surface area contributed by atoms with E-state index in [1.54, 1.807) is 6.92 Å². The van der Waals surface area contributed by atoms with Crippen LogP contribution in [0.1, 0.15) is 20.8 Å². The SMILES string of the molecule is C[CH-]C.[CH2-]C.[W+2]. The van der Waals surface area contributed by atoms with Gasteiger partial charge in [-0.2, -0.15) is 20.8 Å². The normalized spacial score (nSPS) is 4.00. The molecule has 1 heteroatoms. The summed E-state index contributed by atoms with van der Waals surface area (Å²) in [6.07, 6.45) is 2.00. The molecule has 0 aliphatic rings. The zero-order valence-corrected chi connectivity index (χ0v) is 7.63. The molecular weight excluding hydrogens is 244 g/mol. The quantitative estimate of drug-likeness (QED) is 0.582. The van der Waals surface area contributed by atoms with Crippen molar-refractivity contribution < 1.29 is 21.1 Å². The molecule has 0 fully saturated rings. The third kappa shape index (κ3) is 135. The second-order valence-electron chi connectivity index (χ2n) is 0.577. The Hall–Kier alpha value is 0.688. The molecule has 0 bridgehead atoms. The van der Waals surface area contributed by atoms with Crippen molar-refractivity contribution in [3.05, 3.63) is 13.3 Å². The number of hydrogen-bond acceptors (Lipinski definition) is 0. The van der Waals surface area contributed by atoms with Crippen molar-refractivity contribution in [2.24, 2.45) is 0 Å². The molecule has 0 unspecified atom stereocenters. The van der Waals surface area contributed by atoms with E-state index in [2.05, 4.69) is 6.92 Å². The maximum absolute atomic E-state index is 3.25. The van der Waals surface area contributed by atoms with Gasteiger partial charge in [0.15, 0.2) is 0 Å². The molecule has 0 rings (SSSR count). The third-order valence-corrected chi connectivity index (χ3v) is 0. The summed E-state index contributed by atoms with van der Waals surface area (Å²) >= 11 is 0. The van der Waals surface area contributed by atoms with Gasteiger partial charge in [0, 0.05) is 0 Å². The molecule has 38 valence electrons. The Kier molecular flexibility index (Phi) is 116. The van der Waals surface area contributed by atoms with Crippen LogP contribution in [0.25, 0.3) is 0 Å². The zero-order chi connectivity index (χ0) is 4.71. The van der Waals surface area contributed by atoms with Gasteiger partial charge in [-0.05, 0) is 0 Å². The van der Waals surface area contributed by atoms with Crippen LogP contribution in [0.2, 0.25) is 0 Å². The van der Waals surface area contributed by atoms with Gasteiger partial charge in [0.2, 0.25) is 0 Å². The fraction of sp³-hybridized carbons (Fsp3) is 0.600. The smallest absolute Gasteiger partial charge is 0.346 e. The van der Waals surface area contributed by atoms with Gasteiger partial charge < -0.3 is 13.3 Å². The van der Waals surface area contributed by atoms with E-state index in [1.165, 1.54) is 0 Å². The molecule has 0 spiro atoms. The van der Waals surface area contributed by atoms with Crippen LogP contribution in [0, 0.1) is 13.3 Å². The second kappa shape index (κ2) is 43.9. The maximum Gasteiger partial charge on any atom is 2.00 e. The molecule has 0 saturated carbocycles. The summed E-state index contributed by atoms with van der Waals surface area (Å²) in [5, 5.41) is 0. The Morgan fingerprint density at radius 2 is 1.17 bits per heavy atom. The van der Waals surface area contributed by atoms with E-state index in [1.807, 2.05) is 20.3 Å². The standard InChI is InChI=1S/C3H7.C2H5.W/c1-3-2;1-2;/h3H,1-2H3;1H2,2H3;/q2*-1;+2. The molecule has 0 amide bonds. The fourth-order valence-corrected chi connectivity index (χ4v) is 0. The second-order valence-corrected chi connectivity index (χ2v) is 0.577. The van der Waals surface area contributed by atoms with Gasteiger partial charge in [0.05, 0.1) is 0 Å². The van der Waals surface area contributed by atoms with Crippen LogP contribution in [0.15, 0.2) is 0 Å². The summed E-state index contributed by atoms with van der Waals surface area (Å²) in [5.41, 5.74) is 0. The number of rotatable bonds is 0. The minimum atomic E-state index is 0. The predicted octanol–water partition coefficient (Wildman–Crippen LogP) is 2.07. The van der Waals surface area contributed by atoms with Crippen molar-refractivity contribution in [2.45, 2.75) is 20.8 Å². The van der Waals surface area contributed by atoms with Gasteiger partial charge in [0.1, 0.15) is 0 Å². The Balaban J connectivity index is -0.0000000275. The summed E-state index contributed by atoms with van der Waals surface area (Å²) < 4.78 is 0. The van der Waals surface area contributed by atoms with Crippen molar-refractivity contribution >= 4 is 0 Å². The van der Waals surface area contributed by atoms with E-state index in [0.717, 1.165) is 0 Å². The van der Waals surface area contributed by atoms with Gasteiger partial charge in [-0.1, -0.05) is 0 Å². The zero-order valence-electron chi connectivity index (χ0n) is 4.69. The predicted molar refractivity (Wildman–Crippen MR) is 26.7 cm³/mol. The van der Waals surface area contributed by atoms with Crippen LogP contribution in [0.5, 0.6) is 0 Å². The van der Waals surface area contributed by atoms with E-state index in [4.69, 9.17) is 0 Å². The molecule has 0 radical (unpaired) electrons. The summed E-state index contributed by atoms with van der Waals surface area (Å²) in [7, 11) is 0. The molecule has 6 heavy (non-hydrogen) atoms. The van der Waals surface area contributed by atoms with Crippen LogP contribution >= 0.6 is 0 Å². The van der Waals surface area contributed by atoms with Crippen LogP contribution in [-0.2, 0) is 21.1 Å². The molecular formula is C5H12W. The number of hydrogen-bond donors (Lipinski definition) is 0. The molecule has 0 heterocycles.